The van der Waals surface area contributed by atoms with Gasteiger partial charge in [0, 0.05) is 68.3 Å². The molecular weight excluding hydrogens is 1220 g/mol. The number of benzene rings is 11. The summed E-state index contributed by atoms with van der Waals surface area (Å²) in [5.41, 5.74) is 47.1. The third kappa shape index (κ3) is 13.2. The molecule has 0 saturated heterocycles. The van der Waals surface area contributed by atoms with Gasteiger partial charge in [-0.25, -0.2) is 0 Å². The first-order chi connectivity index (χ1) is 47.9. The van der Waals surface area contributed by atoms with E-state index in [0.717, 1.165) is 51.4 Å². The molecule has 0 aliphatic heterocycles. The third-order valence-electron chi connectivity index (χ3n) is 23.1. The molecule has 0 saturated carbocycles. The highest BCUT2D eigenvalue weighted by atomic mass is 15.2. The Morgan fingerprint density at radius 1 is 0.228 bits per heavy atom. The van der Waals surface area contributed by atoms with Gasteiger partial charge in [0.25, 0.3) is 0 Å². The van der Waals surface area contributed by atoms with Crippen LogP contribution in [0, 0.1) is 151 Å². The Hall–Kier alpha value is -9.90. The predicted molar refractivity (Wildman–Crippen MR) is 437 cm³/mol. The summed E-state index contributed by atoms with van der Waals surface area (Å²) in [6.45, 7) is 54.2. The molecule has 0 N–H and O–H groups in total. The quantitative estimate of drug-likeness (QED) is 0.0894. The molecular formula is C97H106N4. The van der Waals surface area contributed by atoms with E-state index in [4.69, 9.17) is 0 Å². The van der Waals surface area contributed by atoms with Gasteiger partial charge in [-0.05, 0) is 407 Å². The lowest BCUT2D eigenvalue weighted by Crippen LogP contribution is -2.31. The van der Waals surface area contributed by atoms with Gasteiger partial charge in [0.1, 0.15) is 0 Å². The average Bonchev–Trinajstić information content (AvgIpc) is 0.798. The van der Waals surface area contributed by atoms with E-state index in [1.165, 1.54) is 173 Å². The first-order valence-electron chi connectivity index (χ1n) is 36.5. The number of hydrogen-bond acceptors (Lipinski definition) is 4. The monoisotopic (exact) mass is 1330 g/mol. The molecule has 0 aromatic heterocycles. The second-order valence-electron chi connectivity index (χ2n) is 30.5. The highest BCUT2D eigenvalue weighted by molar-refractivity contribution is 5.86. The number of aryl methyl sites for hydroxylation is 21. The van der Waals surface area contributed by atoms with Crippen molar-refractivity contribution in [2.24, 2.45) is 5.92 Å². The van der Waals surface area contributed by atoms with Crippen molar-refractivity contribution in [3.8, 4) is 0 Å². The normalized spacial score (nSPS) is 13.2. The van der Waals surface area contributed by atoms with Crippen LogP contribution >= 0.6 is 0 Å². The minimum atomic E-state index is -0.892. The van der Waals surface area contributed by atoms with E-state index in [0.29, 0.717) is 5.92 Å². The summed E-state index contributed by atoms with van der Waals surface area (Å²) in [6.07, 6.45) is 3.36. The number of anilines is 11. The number of allylic oxidation sites excluding steroid dienone is 4. The standard InChI is InChI=1S/C97H106N4/c1-57-41-73(17)89(49-65(57)9)98(90-50-66(10)58(2)42-74(90)18)85-33-25-81(26-34-85)97(82-27-35-86(36-28-82)99(91-51-67(11)59(3)43-75(91)19)92-52-68(12)60(4)44-76(92)20,83-29-37-87(38-30-83)100(93-53-69(13)61(5)45-77(93)21)94-54-70(14)62(6)46-78(94)22)84-31-39-88(40-32-84)101(95-55-71(15)63(7)47-79(95)23)96-56-72(16)64(8)48-80(96)24/h25-55,72H,56H2,1-24H3. The molecule has 1 atom stereocenters. The fourth-order valence-electron chi connectivity index (χ4n) is 15.9. The van der Waals surface area contributed by atoms with Crippen molar-refractivity contribution in [3.05, 3.63) is 344 Å². The zero-order chi connectivity index (χ0) is 72.5. The largest absolute Gasteiger partial charge is 0.314 e. The third-order valence-corrected chi connectivity index (χ3v) is 23.1. The summed E-state index contributed by atoms with van der Waals surface area (Å²) >= 11 is 0. The minimum absolute atomic E-state index is 0.403. The van der Waals surface area contributed by atoms with Gasteiger partial charge in [-0.15, -0.1) is 0 Å². The van der Waals surface area contributed by atoms with Crippen LogP contribution in [0.5, 0.6) is 0 Å². The summed E-state index contributed by atoms with van der Waals surface area (Å²) in [5.74, 6) is 0.403. The summed E-state index contributed by atoms with van der Waals surface area (Å²) in [6, 6.07) is 71.9. The fraction of sp³-hybridized carbons (Fsp3) is 0.278. The van der Waals surface area contributed by atoms with Crippen molar-refractivity contribution in [2.75, 3.05) is 19.6 Å². The maximum absolute atomic E-state index is 2.58. The van der Waals surface area contributed by atoms with Crippen LogP contribution in [0.15, 0.2) is 205 Å². The summed E-state index contributed by atoms with van der Waals surface area (Å²) in [7, 11) is 0. The molecule has 4 heteroatoms. The summed E-state index contributed by atoms with van der Waals surface area (Å²) < 4.78 is 0. The van der Waals surface area contributed by atoms with Crippen LogP contribution < -0.4 is 19.6 Å². The molecule has 11 aromatic rings. The molecule has 0 radical (unpaired) electrons. The maximum atomic E-state index is 2.58. The van der Waals surface area contributed by atoms with E-state index in [2.05, 4.69) is 374 Å². The van der Waals surface area contributed by atoms with E-state index in [1.54, 1.807) is 0 Å². The molecule has 1 aliphatic carbocycles. The van der Waals surface area contributed by atoms with Crippen LogP contribution in [0.2, 0.25) is 0 Å². The predicted octanol–water partition coefficient (Wildman–Crippen LogP) is 27.4. The molecule has 0 fully saturated rings. The van der Waals surface area contributed by atoms with E-state index in [-0.39, 0.29) is 0 Å². The van der Waals surface area contributed by atoms with Gasteiger partial charge in [0.2, 0.25) is 0 Å². The molecule has 0 bridgehead atoms. The zero-order valence-corrected chi connectivity index (χ0v) is 65.0. The molecule has 1 aliphatic rings. The van der Waals surface area contributed by atoms with E-state index in [1.807, 2.05) is 0 Å². The van der Waals surface area contributed by atoms with Gasteiger partial charge < -0.3 is 19.6 Å². The van der Waals surface area contributed by atoms with Crippen molar-refractivity contribution >= 4 is 62.6 Å². The second kappa shape index (κ2) is 27.9. The van der Waals surface area contributed by atoms with E-state index < -0.39 is 5.41 Å². The van der Waals surface area contributed by atoms with Crippen molar-refractivity contribution < 1.29 is 0 Å². The summed E-state index contributed by atoms with van der Waals surface area (Å²) in [5, 5.41) is 0. The van der Waals surface area contributed by atoms with E-state index in [9.17, 15) is 0 Å². The van der Waals surface area contributed by atoms with Crippen LogP contribution in [-0.2, 0) is 5.41 Å². The van der Waals surface area contributed by atoms with Crippen LogP contribution in [0.4, 0.5) is 62.6 Å². The lowest BCUT2D eigenvalue weighted by Gasteiger charge is -2.39. The number of rotatable bonds is 16. The van der Waals surface area contributed by atoms with Crippen LogP contribution in [-0.4, -0.2) is 0 Å². The molecule has 0 amide bonds. The molecule has 0 spiro atoms. The SMILES string of the molecule is CC1=CC(C)=C(N(c2ccc(C(c3ccc(N(c4cc(C)c(C)cc4C)c4cc(C)c(C)cc4C)cc3)(c3ccc(N(c4cc(C)c(C)cc4C)c4cc(C)c(C)cc4C)cc3)c3ccc(N(c4cc(C)c(C)cc4C)c4cc(C)c(C)cc4C)cc3)cc2)c2cc(C)c(C)cc2C)CC1C. The first-order valence-corrected chi connectivity index (χ1v) is 36.5. The van der Waals surface area contributed by atoms with Gasteiger partial charge in [0.05, 0.1) is 5.41 Å². The van der Waals surface area contributed by atoms with Crippen molar-refractivity contribution in [3.63, 3.8) is 0 Å². The Bertz CT molecular complexity index is 4550. The average molecular weight is 1330 g/mol. The molecule has 0 heterocycles. The lowest BCUT2D eigenvalue weighted by molar-refractivity contribution is 0.646. The van der Waals surface area contributed by atoms with Crippen LogP contribution in [0.25, 0.3) is 0 Å². The van der Waals surface area contributed by atoms with Gasteiger partial charge in [-0.3, -0.25) is 0 Å². The Morgan fingerprint density at radius 2 is 0.406 bits per heavy atom. The maximum Gasteiger partial charge on any atom is 0.0701 e. The van der Waals surface area contributed by atoms with Gasteiger partial charge in [0.15, 0.2) is 0 Å². The number of hydrogen-bond donors (Lipinski definition) is 0. The van der Waals surface area contributed by atoms with Crippen LogP contribution in [0.1, 0.15) is 166 Å². The Morgan fingerprint density at radius 3 is 0.614 bits per heavy atom. The van der Waals surface area contributed by atoms with Gasteiger partial charge >= 0.3 is 0 Å². The fourth-order valence-corrected chi connectivity index (χ4v) is 15.9. The van der Waals surface area contributed by atoms with Crippen LogP contribution in [0.3, 0.4) is 0 Å². The van der Waals surface area contributed by atoms with Gasteiger partial charge in [-0.2, -0.15) is 0 Å². The molecule has 101 heavy (non-hydrogen) atoms. The highest BCUT2D eigenvalue weighted by Gasteiger charge is 2.40. The first kappa shape index (κ1) is 70.9. The zero-order valence-electron chi connectivity index (χ0n) is 65.0. The van der Waals surface area contributed by atoms with Crippen molar-refractivity contribution in [1.29, 1.82) is 0 Å². The Kier molecular flexibility index (Phi) is 19.6. The molecule has 514 valence electrons. The Balaban J connectivity index is 1.17. The van der Waals surface area contributed by atoms with Crippen molar-refractivity contribution in [2.45, 2.75) is 178 Å². The smallest absolute Gasteiger partial charge is 0.0701 e. The summed E-state index contributed by atoms with van der Waals surface area (Å²) in [4.78, 5) is 10.1. The minimum Gasteiger partial charge on any atom is -0.314 e. The molecule has 11 aromatic carbocycles. The highest BCUT2D eigenvalue weighted by Crippen LogP contribution is 2.52. The van der Waals surface area contributed by atoms with E-state index >= 15 is 0 Å². The molecule has 12 rings (SSSR count). The number of nitrogens with zero attached hydrogens (tertiary/aromatic N) is 4. The second-order valence-corrected chi connectivity index (χ2v) is 30.5. The lowest BCUT2D eigenvalue weighted by atomic mass is 9.65. The molecule has 4 nitrogen and oxygen atoms in total. The Labute approximate surface area is 606 Å². The topological polar surface area (TPSA) is 13.0 Å². The molecule has 1 unspecified atom stereocenters. The van der Waals surface area contributed by atoms with Crippen molar-refractivity contribution in [1.82, 2.24) is 0 Å². The van der Waals surface area contributed by atoms with Gasteiger partial charge in [-0.1, -0.05) is 110 Å².